The van der Waals surface area contributed by atoms with Crippen LogP contribution in [0.1, 0.15) is 36.8 Å². The molecule has 0 bridgehead atoms. The Balaban J connectivity index is 1.67. The van der Waals surface area contributed by atoms with E-state index in [9.17, 15) is 18.0 Å². The molecule has 0 radical (unpaired) electrons. The fourth-order valence-corrected chi connectivity index (χ4v) is 3.91. The molecule has 0 saturated carbocycles. The van der Waals surface area contributed by atoms with Gasteiger partial charge in [0.1, 0.15) is 0 Å². The molecule has 1 heterocycles. The molecule has 1 aromatic rings. The van der Waals surface area contributed by atoms with Crippen molar-refractivity contribution in [3.8, 4) is 0 Å². The molecule has 144 valence electrons. The van der Waals surface area contributed by atoms with Gasteiger partial charge in [-0.1, -0.05) is 6.07 Å². The van der Waals surface area contributed by atoms with Crippen LogP contribution in [0.4, 0.5) is 0 Å². The van der Waals surface area contributed by atoms with Gasteiger partial charge < -0.3 is 10.2 Å². The molecule has 2 N–H and O–H groups in total. The molecule has 8 heteroatoms. The minimum absolute atomic E-state index is 0.0473. The molecule has 2 rings (SSSR count). The minimum Gasteiger partial charge on any atom is -0.356 e. The molecule has 0 aliphatic carbocycles. The normalized spacial score (nSPS) is 14.7. The van der Waals surface area contributed by atoms with Crippen LogP contribution in [0, 0.1) is 13.8 Å². The summed E-state index contributed by atoms with van der Waals surface area (Å²) in [6.45, 7) is 5.75. The summed E-state index contributed by atoms with van der Waals surface area (Å²) in [7, 11) is -3.61. The van der Waals surface area contributed by atoms with Crippen molar-refractivity contribution >= 4 is 21.8 Å². The topological polar surface area (TPSA) is 95.6 Å². The minimum atomic E-state index is -3.61. The molecule has 7 nitrogen and oxygen atoms in total. The molecular formula is C18H27N3O4S. The molecule has 1 aromatic carbocycles. The zero-order valence-electron chi connectivity index (χ0n) is 15.4. The summed E-state index contributed by atoms with van der Waals surface area (Å²) in [5, 5.41) is 2.75. The second-order valence-electron chi connectivity index (χ2n) is 6.58. The summed E-state index contributed by atoms with van der Waals surface area (Å²) < 4.78 is 26.9. The van der Waals surface area contributed by atoms with Crippen LogP contribution in [0.15, 0.2) is 23.1 Å². The van der Waals surface area contributed by atoms with Crippen LogP contribution in [0.5, 0.6) is 0 Å². The maximum atomic E-state index is 12.2. The second kappa shape index (κ2) is 9.14. The van der Waals surface area contributed by atoms with Gasteiger partial charge in [-0.15, -0.1) is 0 Å². The molecular weight excluding hydrogens is 354 g/mol. The average Bonchev–Trinajstić information content (AvgIpc) is 2.99. The van der Waals surface area contributed by atoms with Crippen LogP contribution in [-0.2, 0) is 19.6 Å². The molecule has 1 aliphatic heterocycles. The number of aryl methyl sites for hydroxylation is 2. The second-order valence-corrected chi connectivity index (χ2v) is 8.35. The number of benzene rings is 1. The van der Waals surface area contributed by atoms with Crippen LogP contribution in [0.3, 0.4) is 0 Å². The highest BCUT2D eigenvalue weighted by atomic mass is 32.2. The third kappa shape index (κ3) is 5.81. The molecule has 0 unspecified atom stereocenters. The highest BCUT2D eigenvalue weighted by Gasteiger charge is 2.19. The summed E-state index contributed by atoms with van der Waals surface area (Å²) >= 11 is 0. The lowest BCUT2D eigenvalue weighted by Gasteiger charge is -2.15. The van der Waals surface area contributed by atoms with Crippen molar-refractivity contribution in [2.75, 3.05) is 26.2 Å². The quantitative estimate of drug-likeness (QED) is 0.626. The van der Waals surface area contributed by atoms with Gasteiger partial charge in [0.15, 0.2) is 0 Å². The zero-order valence-corrected chi connectivity index (χ0v) is 16.2. The van der Waals surface area contributed by atoms with Crippen LogP contribution >= 0.6 is 0 Å². The number of carbonyl (C=O) groups is 2. The Morgan fingerprint density at radius 2 is 1.96 bits per heavy atom. The summed E-state index contributed by atoms with van der Waals surface area (Å²) in [6.07, 6.45) is 2.30. The number of hydrogen-bond donors (Lipinski definition) is 2. The van der Waals surface area contributed by atoms with Crippen molar-refractivity contribution in [1.29, 1.82) is 0 Å². The maximum absolute atomic E-state index is 12.2. The lowest BCUT2D eigenvalue weighted by molar-refractivity contribution is -0.127. The number of nitrogens with one attached hydrogen (secondary N) is 2. The van der Waals surface area contributed by atoms with E-state index in [1.807, 2.05) is 18.7 Å². The van der Waals surface area contributed by atoms with Gasteiger partial charge in [-0.2, -0.15) is 0 Å². The number of likely N-dealkylation sites (tertiary alicyclic amines) is 1. The first kappa shape index (κ1) is 20.4. The molecule has 26 heavy (non-hydrogen) atoms. The zero-order chi connectivity index (χ0) is 19.2. The first-order valence-electron chi connectivity index (χ1n) is 8.91. The lowest BCUT2D eigenvalue weighted by Crippen LogP contribution is -2.33. The molecule has 1 saturated heterocycles. The van der Waals surface area contributed by atoms with E-state index in [-0.39, 0.29) is 29.7 Å². The van der Waals surface area contributed by atoms with E-state index >= 15 is 0 Å². The molecule has 0 aromatic heterocycles. The Labute approximate surface area is 155 Å². The molecule has 1 aliphatic rings. The van der Waals surface area contributed by atoms with Crippen molar-refractivity contribution in [3.05, 3.63) is 29.3 Å². The molecule has 0 spiro atoms. The van der Waals surface area contributed by atoms with Gasteiger partial charge in [0.2, 0.25) is 21.8 Å². The molecule has 2 amide bonds. The highest BCUT2D eigenvalue weighted by Crippen LogP contribution is 2.14. The van der Waals surface area contributed by atoms with Gasteiger partial charge in [-0.25, -0.2) is 13.1 Å². The first-order chi connectivity index (χ1) is 12.3. The number of carbonyl (C=O) groups excluding carboxylic acids is 2. The predicted octanol–water partition coefficient (Wildman–Crippen LogP) is 1.10. The van der Waals surface area contributed by atoms with E-state index in [1.165, 1.54) is 0 Å². The Hall–Kier alpha value is -1.93. The summed E-state index contributed by atoms with van der Waals surface area (Å²) in [4.78, 5) is 25.3. The monoisotopic (exact) mass is 381 g/mol. The van der Waals surface area contributed by atoms with E-state index < -0.39 is 10.0 Å². The van der Waals surface area contributed by atoms with Crippen molar-refractivity contribution in [1.82, 2.24) is 14.9 Å². The van der Waals surface area contributed by atoms with Gasteiger partial charge >= 0.3 is 0 Å². The summed E-state index contributed by atoms with van der Waals surface area (Å²) in [6, 6.07) is 4.95. The van der Waals surface area contributed by atoms with Gasteiger partial charge in [0.05, 0.1) is 4.90 Å². The van der Waals surface area contributed by atoms with Crippen LogP contribution in [0.2, 0.25) is 0 Å². The van der Waals surface area contributed by atoms with Gasteiger partial charge in [-0.05, 0) is 49.9 Å². The van der Waals surface area contributed by atoms with E-state index in [2.05, 4.69) is 10.0 Å². The first-order valence-corrected chi connectivity index (χ1v) is 10.4. The van der Waals surface area contributed by atoms with E-state index in [4.69, 9.17) is 0 Å². The molecule has 1 fully saturated rings. The fourth-order valence-electron chi connectivity index (χ4n) is 2.79. The third-order valence-electron chi connectivity index (χ3n) is 4.53. The van der Waals surface area contributed by atoms with E-state index in [0.717, 1.165) is 24.1 Å². The lowest BCUT2D eigenvalue weighted by atomic mass is 10.1. The van der Waals surface area contributed by atoms with Crippen molar-refractivity contribution in [2.24, 2.45) is 0 Å². The van der Waals surface area contributed by atoms with E-state index in [0.29, 0.717) is 25.9 Å². The van der Waals surface area contributed by atoms with Crippen LogP contribution in [-0.4, -0.2) is 51.3 Å². The van der Waals surface area contributed by atoms with Crippen LogP contribution < -0.4 is 10.0 Å². The largest absolute Gasteiger partial charge is 0.356 e. The standard InChI is InChI=1S/C18H27N3O4S/c1-14-6-7-16(13-15(14)2)26(24,25)20-10-8-17(22)19-9-4-12-21-11-3-5-18(21)23/h6-7,13,20H,3-5,8-12H2,1-2H3,(H,19,22). The third-order valence-corrected chi connectivity index (χ3v) is 5.99. The van der Waals surface area contributed by atoms with Gasteiger partial charge in [0.25, 0.3) is 0 Å². The smallest absolute Gasteiger partial charge is 0.240 e. The summed E-state index contributed by atoms with van der Waals surface area (Å²) in [5.74, 6) is -0.0300. The number of nitrogens with zero attached hydrogens (tertiary/aromatic N) is 1. The number of hydrogen-bond acceptors (Lipinski definition) is 4. The Morgan fingerprint density at radius 1 is 1.19 bits per heavy atom. The Morgan fingerprint density at radius 3 is 2.62 bits per heavy atom. The Bertz CT molecular complexity index is 762. The summed E-state index contributed by atoms with van der Waals surface area (Å²) in [5.41, 5.74) is 1.93. The van der Waals surface area contributed by atoms with Crippen molar-refractivity contribution in [3.63, 3.8) is 0 Å². The van der Waals surface area contributed by atoms with E-state index in [1.54, 1.807) is 18.2 Å². The highest BCUT2D eigenvalue weighted by molar-refractivity contribution is 7.89. The number of rotatable bonds is 9. The number of amides is 2. The van der Waals surface area contributed by atoms with Gasteiger partial charge in [0, 0.05) is 39.0 Å². The van der Waals surface area contributed by atoms with Crippen molar-refractivity contribution < 1.29 is 18.0 Å². The SMILES string of the molecule is Cc1ccc(S(=O)(=O)NCCC(=O)NCCCN2CCCC2=O)cc1C. The fraction of sp³-hybridized carbons (Fsp3) is 0.556. The van der Waals surface area contributed by atoms with Crippen molar-refractivity contribution in [2.45, 2.75) is 44.4 Å². The molecule has 0 atom stereocenters. The average molecular weight is 381 g/mol. The van der Waals surface area contributed by atoms with Gasteiger partial charge in [-0.3, -0.25) is 9.59 Å². The Kier molecular flexibility index (Phi) is 7.16. The maximum Gasteiger partial charge on any atom is 0.240 e. The van der Waals surface area contributed by atoms with Crippen LogP contribution in [0.25, 0.3) is 0 Å². The predicted molar refractivity (Wildman–Crippen MR) is 99.2 cm³/mol. The number of sulfonamides is 1.